The minimum Gasteiger partial charge on any atom is -0.319 e. The molecule has 0 saturated carbocycles. The Kier molecular flexibility index (Phi) is 4.79. The largest absolute Gasteiger partial charge is 0.435 e. The molecule has 0 bridgehead atoms. The predicted octanol–water partition coefficient (Wildman–Crippen LogP) is 3.81. The summed E-state index contributed by atoms with van der Waals surface area (Å²) in [4.78, 5) is 25.1. The fraction of sp³-hybridized carbons (Fsp3) is 0.0769. The van der Waals surface area contributed by atoms with Crippen LogP contribution in [0.3, 0.4) is 0 Å². The molecule has 1 N–H and O–H groups in total. The van der Waals surface area contributed by atoms with Gasteiger partial charge in [0.15, 0.2) is 5.69 Å². The van der Waals surface area contributed by atoms with Crippen molar-refractivity contribution in [1.29, 1.82) is 0 Å². The molecule has 0 amide bonds. The number of rotatable bonds is 4. The Morgan fingerprint density at radius 1 is 1.40 bits per heavy atom. The van der Waals surface area contributed by atoms with Crippen molar-refractivity contribution in [2.75, 3.05) is 5.32 Å². The highest BCUT2D eigenvalue weighted by atomic mass is 35.5. The Morgan fingerprint density at radius 2 is 2.04 bits per heavy atom. The summed E-state index contributed by atoms with van der Waals surface area (Å²) in [6.45, 7) is 3.25. The van der Waals surface area contributed by atoms with Crippen LogP contribution in [0.25, 0.3) is 6.20 Å². The van der Waals surface area contributed by atoms with E-state index in [1.54, 1.807) is 0 Å². The van der Waals surface area contributed by atoms with E-state index in [2.05, 4.69) is 16.9 Å². The van der Waals surface area contributed by atoms with Crippen LogP contribution in [0, 0.1) is 15.9 Å². The van der Waals surface area contributed by atoms with E-state index in [1.165, 1.54) is 0 Å². The van der Waals surface area contributed by atoms with Crippen LogP contribution >= 0.6 is 11.6 Å². The van der Waals surface area contributed by atoms with Gasteiger partial charge in [-0.05, 0) is 12.1 Å². The van der Waals surface area contributed by atoms with Crippen molar-refractivity contribution in [2.45, 2.75) is 6.18 Å². The molecule has 25 heavy (non-hydrogen) atoms. The second-order valence-corrected chi connectivity index (χ2v) is 4.88. The predicted molar refractivity (Wildman–Crippen MR) is 81.2 cm³/mol. The minimum absolute atomic E-state index is 0.385. The van der Waals surface area contributed by atoms with Gasteiger partial charge in [0.1, 0.15) is 16.5 Å². The van der Waals surface area contributed by atoms with Crippen LogP contribution in [-0.2, 0) is 6.18 Å². The highest BCUT2D eigenvalue weighted by molar-refractivity contribution is 6.31. The molecular weight excluding hydrogens is 372 g/mol. The lowest BCUT2D eigenvalue weighted by molar-refractivity contribution is -0.384. The van der Waals surface area contributed by atoms with Crippen molar-refractivity contribution in [3.8, 4) is 0 Å². The summed E-state index contributed by atoms with van der Waals surface area (Å²) in [7, 11) is 0. The molecule has 0 saturated heterocycles. The molecule has 0 unspecified atom stereocenters. The zero-order valence-corrected chi connectivity index (χ0v) is 12.7. The summed E-state index contributed by atoms with van der Waals surface area (Å²) >= 11 is 5.39. The zero-order valence-electron chi connectivity index (χ0n) is 12.0. The standard InChI is InChI=1S/C13H7ClF4N4O3/c1-2-21-11(23)9(14)10(13(16,17)18)20-12(21)19-7-4-3-6(15)5-8(7)22(24)25/h2-5H,1H2,(H,19,20). The molecular formula is C13H7ClF4N4O3. The molecule has 12 heteroatoms. The molecule has 0 fully saturated rings. The van der Waals surface area contributed by atoms with Crippen molar-refractivity contribution in [3.05, 3.63) is 61.8 Å². The Bertz CT molecular complexity index is 927. The molecule has 0 radical (unpaired) electrons. The maximum Gasteiger partial charge on any atom is 0.435 e. The molecule has 0 aliphatic carbocycles. The summed E-state index contributed by atoms with van der Waals surface area (Å²) < 4.78 is 52.5. The number of nitrogens with zero attached hydrogens (tertiary/aromatic N) is 3. The van der Waals surface area contributed by atoms with Crippen LogP contribution in [0.2, 0.25) is 5.02 Å². The summed E-state index contributed by atoms with van der Waals surface area (Å²) in [5.74, 6) is -1.66. The number of hydrogen-bond donors (Lipinski definition) is 1. The van der Waals surface area contributed by atoms with E-state index in [0.717, 1.165) is 18.3 Å². The molecule has 0 spiro atoms. The van der Waals surface area contributed by atoms with Crippen molar-refractivity contribution >= 4 is 35.1 Å². The van der Waals surface area contributed by atoms with Gasteiger partial charge in [-0.15, -0.1) is 0 Å². The normalized spacial score (nSPS) is 11.2. The van der Waals surface area contributed by atoms with Gasteiger partial charge in [0.25, 0.3) is 11.2 Å². The first kappa shape index (κ1) is 18.4. The summed E-state index contributed by atoms with van der Waals surface area (Å²) in [6.07, 6.45) is -4.22. The second kappa shape index (κ2) is 6.51. The third-order valence-electron chi connectivity index (χ3n) is 2.91. The quantitative estimate of drug-likeness (QED) is 0.496. The first-order valence-corrected chi connectivity index (χ1v) is 6.66. The van der Waals surface area contributed by atoms with Crippen LogP contribution in [0.5, 0.6) is 0 Å². The van der Waals surface area contributed by atoms with Gasteiger partial charge in [-0.3, -0.25) is 19.5 Å². The number of hydrogen-bond acceptors (Lipinski definition) is 5. The SMILES string of the molecule is C=Cn1c(Nc2ccc(F)cc2[N+](=O)[O-])nc(C(F)(F)F)c(Cl)c1=O. The Morgan fingerprint density at radius 3 is 2.56 bits per heavy atom. The van der Waals surface area contributed by atoms with Gasteiger partial charge < -0.3 is 5.32 Å². The lowest BCUT2D eigenvalue weighted by Crippen LogP contribution is -2.25. The van der Waals surface area contributed by atoms with Gasteiger partial charge in [0.2, 0.25) is 5.95 Å². The molecule has 1 heterocycles. The maximum atomic E-state index is 13.1. The Labute approximate surface area is 141 Å². The van der Waals surface area contributed by atoms with Crippen LogP contribution in [0.1, 0.15) is 5.69 Å². The molecule has 2 rings (SSSR count). The monoisotopic (exact) mass is 378 g/mol. The van der Waals surface area contributed by atoms with Crippen molar-refractivity contribution in [1.82, 2.24) is 9.55 Å². The number of benzene rings is 1. The number of halogens is 5. The van der Waals surface area contributed by atoms with Gasteiger partial charge in [0.05, 0.1) is 11.0 Å². The number of anilines is 2. The van der Waals surface area contributed by atoms with Gasteiger partial charge in [-0.25, -0.2) is 9.37 Å². The molecule has 0 aliphatic heterocycles. The van der Waals surface area contributed by atoms with E-state index in [9.17, 15) is 32.5 Å². The molecule has 2 aromatic rings. The van der Waals surface area contributed by atoms with Crippen molar-refractivity contribution in [2.24, 2.45) is 0 Å². The maximum absolute atomic E-state index is 13.1. The Hall–Kier alpha value is -2.95. The highest BCUT2D eigenvalue weighted by Gasteiger charge is 2.38. The van der Waals surface area contributed by atoms with Gasteiger partial charge in [-0.1, -0.05) is 18.2 Å². The van der Waals surface area contributed by atoms with Crippen LogP contribution in [0.15, 0.2) is 29.6 Å². The molecule has 1 aromatic heterocycles. The Balaban J connectivity index is 2.68. The van der Waals surface area contributed by atoms with E-state index >= 15 is 0 Å². The van der Waals surface area contributed by atoms with E-state index in [0.29, 0.717) is 10.6 Å². The lowest BCUT2D eigenvalue weighted by atomic mass is 10.2. The molecule has 1 aromatic carbocycles. The zero-order chi connectivity index (χ0) is 18.9. The van der Waals surface area contributed by atoms with Crippen LogP contribution in [0.4, 0.5) is 34.9 Å². The fourth-order valence-electron chi connectivity index (χ4n) is 1.84. The van der Waals surface area contributed by atoms with E-state index < -0.39 is 44.8 Å². The van der Waals surface area contributed by atoms with E-state index in [4.69, 9.17) is 11.6 Å². The summed E-state index contributed by atoms with van der Waals surface area (Å²) in [5, 5.41) is 12.0. The highest BCUT2D eigenvalue weighted by Crippen LogP contribution is 2.33. The number of nitro benzene ring substituents is 1. The smallest absolute Gasteiger partial charge is 0.319 e. The average molecular weight is 379 g/mol. The van der Waals surface area contributed by atoms with E-state index in [-0.39, 0.29) is 5.69 Å². The first-order valence-electron chi connectivity index (χ1n) is 6.29. The molecule has 7 nitrogen and oxygen atoms in total. The fourth-order valence-corrected chi connectivity index (χ4v) is 2.08. The number of nitro groups is 1. The van der Waals surface area contributed by atoms with Crippen LogP contribution < -0.4 is 10.9 Å². The van der Waals surface area contributed by atoms with Gasteiger partial charge >= 0.3 is 6.18 Å². The second-order valence-electron chi connectivity index (χ2n) is 4.50. The lowest BCUT2D eigenvalue weighted by Gasteiger charge is -2.14. The van der Waals surface area contributed by atoms with Gasteiger partial charge in [0, 0.05) is 6.20 Å². The average Bonchev–Trinajstić information content (AvgIpc) is 2.51. The van der Waals surface area contributed by atoms with Crippen molar-refractivity contribution < 1.29 is 22.5 Å². The third-order valence-corrected chi connectivity index (χ3v) is 3.26. The van der Waals surface area contributed by atoms with Crippen LogP contribution in [-0.4, -0.2) is 14.5 Å². The molecule has 0 aliphatic rings. The van der Waals surface area contributed by atoms with Crippen molar-refractivity contribution in [3.63, 3.8) is 0 Å². The topological polar surface area (TPSA) is 90.1 Å². The number of nitrogens with one attached hydrogen (secondary N) is 1. The number of alkyl halides is 3. The first-order chi connectivity index (χ1) is 11.6. The summed E-state index contributed by atoms with van der Waals surface area (Å²) in [5.41, 5.74) is -4.12. The third kappa shape index (κ3) is 3.60. The molecule has 132 valence electrons. The van der Waals surface area contributed by atoms with Gasteiger partial charge in [-0.2, -0.15) is 13.2 Å². The van der Waals surface area contributed by atoms with E-state index in [1.807, 2.05) is 0 Å². The number of aromatic nitrogens is 2. The molecule has 0 atom stereocenters. The minimum atomic E-state index is -5.04. The summed E-state index contributed by atoms with van der Waals surface area (Å²) in [6, 6.07) is 2.31.